The molecule has 4 aromatic rings. The van der Waals surface area contributed by atoms with E-state index >= 15 is 0 Å². The summed E-state index contributed by atoms with van der Waals surface area (Å²) in [6.45, 7) is 0. The Morgan fingerprint density at radius 3 is 2.58 bits per heavy atom. The highest BCUT2D eigenvalue weighted by Crippen LogP contribution is 2.30. The molecule has 0 spiro atoms. The Bertz CT molecular complexity index is 1210. The van der Waals surface area contributed by atoms with Crippen LogP contribution in [0.15, 0.2) is 78.3 Å². The van der Waals surface area contributed by atoms with Gasteiger partial charge in [0.15, 0.2) is 5.13 Å². The molecule has 5 nitrogen and oxygen atoms in total. The van der Waals surface area contributed by atoms with E-state index in [4.69, 9.17) is 4.74 Å². The number of anilines is 2. The maximum Gasteiger partial charge on any atom is 0.416 e. The van der Waals surface area contributed by atoms with Crippen molar-refractivity contribution in [1.29, 1.82) is 0 Å². The van der Waals surface area contributed by atoms with Gasteiger partial charge in [-0.2, -0.15) is 13.2 Å². The summed E-state index contributed by atoms with van der Waals surface area (Å²) < 4.78 is 43.8. The van der Waals surface area contributed by atoms with E-state index in [0.717, 1.165) is 23.5 Å². The van der Waals surface area contributed by atoms with Crippen molar-refractivity contribution < 1.29 is 22.7 Å². The van der Waals surface area contributed by atoms with Crippen LogP contribution in [-0.2, 0) is 6.18 Å². The van der Waals surface area contributed by atoms with Crippen LogP contribution < -0.4 is 10.1 Å². The third-order valence-electron chi connectivity index (χ3n) is 4.15. The maximum atomic E-state index is 12.9. The van der Waals surface area contributed by atoms with Gasteiger partial charge in [-0.1, -0.05) is 18.2 Å². The van der Waals surface area contributed by atoms with Crippen molar-refractivity contribution >= 4 is 28.1 Å². The number of alkyl halides is 3. The molecule has 0 aliphatic carbocycles. The predicted molar refractivity (Wildman–Crippen MR) is 111 cm³/mol. The Morgan fingerprint density at radius 1 is 0.968 bits per heavy atom. The smallest absolute Gasteiger partial charge is 0.416 e. The quantitative estimate of drug-likeness (QED) is 0.296. The number of nitrogens with zero attached hydrogens (tertiary/aromatic N) is 2. The normalized spacial score (nSPS) is 11.2. The molecule has 0 bridgehead atoms. The molecule has 9 heteroatoms. The molecule has 0 atom stereocenters. The number of hydrogen-bond donors (Lipinski definition) is 1. The summed E-state index contributed by atoms with van der Waals surface area (Å²) in [5.41, 5.74) is 0.977. The molecule has 0 amide bonds. The number of benzene rings is 2. The van der Waals surface area contributed by atoms with Gasteiger partial charge in [0, 0.05) is 23.3 Å². The number of hydrogen-bond acceptors (Lipinski definition) is 6. The van der Waals surface area contributed by atoms with Gasteiger partial charge in [-0.25, -0.2) is 9.78 Å². The highest BCUT2D eigenvalue weighted by Gasteiger charge is 2.31. The van der Waals surface area contributed by atoms with Gasteiger partial charge in [-0.05, 0) is 42.5 Å². The van der Waals surface area contributed by atoms with Crippen molar-refractivity contribution in [2.75, 3.05) is 5.32 Å². The summed E-state index contributed by atoms with van der Waals surface area (Å²) in [6.07, 6.45) is -2.86. The predicted octanol–water partition coefficient (Wildman–Crippen LogP) is 6.19. The lowest BCUT2D eigenvalue weighted by Gasteiger charge is -2.09. The summed E-state index contributed by atoms with van der Waals surface area (Å²) in [5.74, 6) is -0.691. The molecule has 4 rings (SSSR count). The first-order valence-electron chi connectivity index (χ1n) is 9.02. The van der Waals surface area contributed by atoms with Gasteiger partial charge in [-0.3, -0.25) is 4.98 Å². The molecule has 0 unspecified atom stereocenters. The van der Waals surface area contributed by atoms with E-state index in [1.165, 1.54) is 29.5 Å². The lowest BCUT2D eigenvalue weighted by molar-refractivity contribution is -0.137. The van der Waals surface area contributed by atoms with Crippen molar-refractivity contribution in [3.8, 4) is 17.1 Å². The largest absolute Gasteiger partial charge is 0.423 e. The Labute approximate surface area is 179 Å². The number of esters is 1. The first kappa shape index (κ1) is 20.5. The van der Waals surface area contributed by atoms with Gasteiger partial charge in [0.25, 0.3) is 0 Å². The molecular weight excluding hydrogens is 427 g/mol. The van der Waals surface area contributed by atoms with Crippen LogP contribution in [0.2, 0.25) is 0 Å². The number of carbonyl (C=O) groups is 1. The average molecular weight is 441 g/mol. The fourth-order valence-corrected chi connectivity index (χ4v) is 3.44. The molecule has 0 saturated heterocycles. The summed E-state index contributed by atoms with van der Waals surface area (Å²) in [7, 11) is 0. The lowest BCUT2D eigenvalue weighted by Crippen LogP contribution is -2.11. The maximum absolute atomic E-state index is 12.9. The number of thiazole rings is 1. The second-order valence-electron chi connectivity index (χ2n) is 6.37. The highest BCUT2D eigenvalue weighted by molar-refractivity contribution is 7.14. The lowest BCUT2D eigenvalue weighted by atomic mass is 10.1. The summed E-state index contributed by atoms with van der Waals surface area (Å²) >= 11 is 1.38. The molecule has 2 heterocycles. The SMILES string of the molecule is O=C(Oc1cccc(Nc2nc(-c3ccccn3)cs2)c1)c1cccc(C(F)(F)F)c1. The van der Waals surface area contributed by atoms with E-state index in [0.29, 0.717) is 10.8 Å². The van der Waals surface area contributed by atoms with Gasteiger partial charge in [0.2, 0.25) is 0 Å². The first-order chi connectivity index (χ1) is 14.9. The molecule has 31 heavy (non-hydrogen) atoms. The van der Waals surface area contributed by atoms with Crippen LogP contribution in [0, 0.1) is 0 Å². The number of carbonyl (C=O) groups excluding carboxylic acids is 1. The first-order valence-corrected chi connectivity index (χ1v) is 9.90. The third-order valence-corrected chi connectivity index (χ3v) is 4.91. The van der Waals surface area contributed by atoms with E-state index in [1.807, 2.05) is 23.6 Å². The molecule has 2 aromatic heterocycles. The third kappa shape index (κ3) is 5.07. The average Bonchev–Trinajstić information content (AvgIpc) is 3.22. The van der Waals surface area contributed by atoms with E-state index in [1.54, 1.807) is 24.4 Å². The van der Waals surface area contributed by atoms with Crippen LogP contribution in [0.25, 0.3) is 11.4 Å². The monoisotopic (exact) mass is 441 g/mol. The van der Waals surface area contributed by atoms with Crippen molar-refractivity contribution in [2.45, 2.75) is 6.18 Å². The second kappa shape index (κ2) is 8.57. The van der Waals surface area contributed by atoms with Crippen LogP contribution in [0.4, 0.5) is 24.0 Å². The van der Waals surface area contributed by atoms with E-state index < -0.39 is 17.7 Å². The number of halogens is 3. The molecule has 0 saturated carbocycles. The Hall–Kier alpha value is -3.72. The number of nitrogens with one attached hydrogen (secondary N) is 1. The van der Waals surface area contributed by atoms with Crippen LogP contribution in [0.3, 0.4) is 0 Å². The zero-order valence-corrected chi connectivity index (χ0v) is 16.6. The Kier molecular flexibility index (Phi) is 5.68. The summed E-state index contributed by atoms with van der Waals surface area (Å²) in [6, 6.07) is 16.2. The highest BCUT2D eigenvalue weighted by atomic mass is 32.1. The summed E-state index contributed by atoms with van der Waals surface area (Å²) in [4.78, 5) is 21.0. The Morgan fingerprint density at radius 2 is 1.81 bits per heavy atom. The fourth-order valence-electron chi connectivity index (χ4n) is 2.71. The molecule has 0 fully saturated rings. The van der Waals surface area contributed by atoms with Crippen LogP contribution >= 0.6 is 11.3 Å². The van der Waals surface area contributed by atoms with E-state index in [2.05, 4.69) is 15.3 Å². The van der Waals surface area contributed by atoms with Gasteiger partial charge in [-0.15, -0.1) is 11.3 Å². The van der Waals surface area contributed by atoms with Crippen LogP contribution in [-0.4, -0.2) is 15.9 Å². The standard InChI is InChI=1S/C22H14F3N3O2S/c23-22(24,25)15-6-3-5-14(11-15)20(29)30-17-8-4-7-16(12-17)27-21-28-19(13-31-21)18-9-1-2-10-26-18/h1-13H,(H,27,28). The molecule has 0 aliphatic heterocycles. The number of rotatable bonds is 5. The number of pyridine rings is 1. The summed E-state index contributed by atoms with van der Waals surface area (Å²) in [5, 5.41) is 5.59. The van der Waals surface area contributed by atoms with Gasteiger partial charge < -0.3 is 10.1 Å². The minimum atomic E-state index is -4.54. The molecule has 0 aliphatic rings. The fraction of sp³-hybridized carbons (Fsp3) is 0.0455. The molecule has 156 valence electrons. The second-order valence-corrected chi connectivity index (χ2v) is 7.23. The minimum absolute atomic E-state index is 0.187. The molecule has 0 radical (unpaired) electrons. The van der Waals surface area contributed by atoms with Crippen molar-refractivity contribution in [1.82, 2.24) is 9.97 Å². The molecule has 1 N–H and O–H groups in total. The number of aromatic nitrogens is 2. The Balaban J connectivity index is 1.47. The zero-order valence-electron chi connectivity index (χ0n) is 15.8. The van der Waals surface area contributed by atoms with Gasteiger partial charge in [0.05, 0.1) is 16.8 Å². The topological polar surface area (TPSA) is 64.1 Å². The van der Waals surface area contributed by atoms with Crippen molar-refractivity contribution in [2.24, 2.45) is 0 Å². The van der Waals surface area contributed by atoms with Crippen LogP contribution in [0.5, 0.6) is 5.75 Å². The van der Waals surface area contributed by atoms with Crippen LogP contribution in [0.1, 0.15) is 15.9 Å². The molecular formula is C22H14F3N3O2S. The molecule has 2 aromatic carbocycles. The van der Waals surface area contributed by atoms with Gasteiger partial charge in [0.1, 0.15) is 11.4 Å². The minimum Gasteiger partial charge on any atom is -0.423 e. The van der Waals surface area contributed by atoms with Crippen molar-refractivity contribution in [3.05, 3.63) is 89.4 Å². The number of ether oxygens (including phenoxy) is 1. The van der Waals surface area contributed by atoms with E-state index in [9.17, 15) is 18.0 Å². The van der Waals surface area contributed by atoms with E-state index in [-0.39, 0.29) is 11.3 Å². The zero-order chi connectivity index (χ0) is 21.8. The van der Waals surface area contributed by atoms with Gasteiger partial charge >= 0.3 is 12.1 Å². The van der Waals surface area contributed by atoms with Crippen molar-refractivity contribution in [3.63, 3.8) is 0 Å².